The summed E-state index contributed by atoms with van der Waals surface area (Å²) >= 11 is 0. The molecule has 96 valence electrons. The Bertz CT molecular complexity index is 483. The first-order valence-electron chi connectivity index (χ1n) is 6.02. The molecule has 0 saturated carbocycles. The van der Waals surface area contributed by atoms with Crippen LogP contribution in [0.25, 0.3) is 0 Å². The van der Waals surface area contributed by atoms with E-state index in [4.69, 9.17) is 9.15 Å². The zero-order chi connectivity index (χ0) is 12.8. The molecule has 0 unspecified atom stereocenters. The first-order valence-corrected chi connectivity index (χ1v) is 6.02. The summed E-state index contributed by atoms with van der Waals surface area (Å²) < 4.78 is 10.8. The molecule has 2 rings (SSSR count). The Morgan fingerprint density at radius 1 is 1.44 bits per heavy atom. The molecule has 0 bridgehead atoms. The number of anilines is 1. The number of ether oxygens (including phenoxy) is 1. The third-order valence-corrected chi connectivity index (χ3v) is 2.39. The van der Waals surface area contributed by atoms with Gasteiger partial charge in [0.2, 0.25) is 11.8 Å². The van der Waals surface area contributed by atoms with E-state index in [0.717, 1.165) is 24.3 Å². The lowest BCUT2D eigenvalue weighted by Crippen LogP contribution is -2.06. The highest BCUT2D eigenvalue weighted by molar-refractivity contribution is 5.32. The van der Waals surface area contributed by atoms with E-state index in [1.165, 1.54) is 0 Å². The highest BCUT2D eigenvalue weighted by Gasteiger charge is 2.06. The van der Waals surface area contributed by atoms with Crippen molar-refractivity contribution in [3.05, 3.63) is 35.9 Å². The lowest BCUT2D eigenvalue weighted by molar-refractivity contribution is 0.258. The van der Waals surface area contributed by atoms with E-state index < -0.39 is 0 Å². The maximum Gasteiger partial charge on any atom is 0.225 e. The van der Waals surface area contributed by atoms with E-state index in [-0.39, 0.29) is 0 Å². The second-order valence-electron chi connectivity index (χ2n) is 3.98. The summed E-state index contributed by atoms with van der Waals surface area (Å²) in [7, 11) is 0. The molecule has 5 heteroatoms. The first-order chi connectivity index (χ1) is 8.79. The van der Waals surface area contributed by atoms with E-state index in [0.29, 0.717) is 18.4 Å². The van der Waals surface area contributed by atoms with E-state index in [1.807, 2.05) is 19.1 Å². The zero-order valence-corrected chi connectivity index (χ0v) is 10.6. The van der Waals surface area contributed by atoms with Gasteiger partial charge in [-0.2, -0.15) is 4.98 Å². The molecule has 0 aliphatic carbocycles. The third-order valence-electron chi connectivity index (χ3n) is 2.39. The molecule has 0 amide bonds. The third kappa shape index (κ3) is 3.23. The molecule has 2 aromatic rings. The number of furan rings is 1. The van der Waals surface area contributed by atoms with Crippen molar-refractivity contribution in [2.75, 3.05) is 11.9 Å². The molecule has 18 heavy (non-hydrogen) atoms. The van der Waals surface area contributed by atoms with Gasteiger partial charge in [0, 0.05) is 18.3 Å². The van der Waals surface area contributed by atoms with Crippen LogP contribution < -0.4 is 10.1 Å². The summed E-state index contributed by atoms with van der Waals surface area (Å²) in [5.74, 6) is 1.95. The van der Waals surface area contributed by atoms with Gasteiger partial charge in [-0.05, 0) is 25.5 Å². The van der Waals surface area contributed by atoms with Crippen molar-refractivity contribution < 1.29 is 9.15 Å². The van der Waals surface area contributed by atoms with Crippen LogP contribution in [0.5, 0.6) is 5.88 Å². The molecular formula is C13H17N3O2. The quantitative estimate of drug-likeness (QED) is 0.850. The molecule has 0 fully saturated rings. The predicted molar refractivity (Wildman–Crippen MR) is 68.6 cm³/mol. The fourth-order valence-corrected chi connectivity index (χ4v) is 1.43. The van der Waals surface area contributed by atoms with Crippen molar-refractivity contribution >= 4 is 5.95 Å². The summed E-state index contributed by atoms with van der Waals surface area (Å²) in [5, 5.41) is 3.13. The van der Waals surface area contributed by atoms with E-state index in [2.05, 4.69) is 22.2 Å². The van der Waals surface area contributed by atoms with Crippen LogP contribution in [0, 0.1) is 6.92 Å². The fourth-order valence-electron chi connectivity index (χ4n) is 1.43. The van der Waals surface area contributed by atoms with Crippen LogP contribution in [0.4, 0.5) is 5.95 Å². The molecule has 0 spiro atoms. The van der Waals surface area contributed by atoms with Crippen molar-refractivity contribution in [3.8, 4) is 5.88 Å². The second kappa shape index (κ2) is 6.05. The minimum Gasteiger partial charge on any atom is -0.469 e. The van der Waals surface area contributed by atoms with Gasteiger partial charge in [0.15, 0.2) is 0 Å². The molecule has 5 nitrogen and oxygen atoms in total. The minimum atomic E-state index is 0.373. The molecule has 0 aliphatic rings. The standard InChI is InChI=1S/C13H17N3O2/c1-3-6-14-13-15-8-10(2)12(16-13)18-9-11-5-4-7-17-11/h4-5,7-8H,3,6,9H2,1-2H3,(H,14,15,16). The predicted octanol–water partition coefficient (Wildman–Crippen LogP) is 2.78. The van der Waals surface area contributed by atoms with Crippen LogP contribution in [0.3, 0.4) is 0 Å². The molecule has 0 radical (unpaired) electrons. The summed E-state index contributed by atoms with van der Waals surface area (Å²) in [5.41, 5.74) is 0.906. The van der Waals surface area contributed by atoms with Gasteiger partial charge >= 0.3 is 0 Å². The van der Waals surface area contributed by atoms with Crippen molar-refractivity contribution in [2.45, 2.75) is 26.9 Å². The molecule has 2 aromatic heterocycles. The van der Waals surface area contributed by atoms with Crippen molar-refractivity contribution in [1.29, 1.82) is 0 Å². The average Bonchev–Trinajstić information content (AvgIpc) is 2.89. The van der Waals surface area contributed by atoms with Crippen LogP contribution in [-0.2, 0) is 6.61 Å². The van der Waals surface area contributed by atoms with Crippen LogP contribution in [0.2, 0.25) is 0 Å². The molecule has 1 N–H and O–H groups in total. The summed E-state index contributed by atoms with van der Waals surface area (Å²) in [6.07, 6.45) is 4.40. The molecule has 0 aromatic carbocycles. The van der Waals surface area contributed by atoms with E-state index in [1.54, 1.807) is 12.5 Å². The van der Waals surface area contributed by atoms with Crippen LogP contribution in [0.15, 0.2) is 29.0 Å². The highest BCUT2D eigenvalue weighted by Crippen LogP contribution is 2.17. The van der Waals surface area contributed by atoms with Gasteiger partial charge in [0.1, 0.15) is 12.4 Å². The average molecular weight is 247 g/mol. The molecular weight excluding hydrogens is 230 g/mol. The molecule has 0 saturated heterocycles. The number of nitrogens with one attached hydrogen (secondary N) is 1. The zero-order valence-electron chi connectivity index (χ0n) is 10.6. The molecule has 0 aliphatic heterocycles. The van der Waals surface area contributed by atoms with Gasteiger partial charge in [-0.15, -0.1) is 0 Å². The SMILES string of the molecule is CCCNc1ncc(C)c(OCc2ccco2)n1. The number of hydrogen-bond donors (Lipinski definition) is 1. The fraction of sp³-hybridized carbons (Fsp3) is 0.385. The number of rotatable bonds is 6. The summed E-state index contributed by atoms with van der Waals surface area (Å²) in [6, 6.07) is 3.70. The number of aromatic nitrogens is 2. The van der Waals surface area contributed by atoms with Gasteiger partial charge in [0.25, 0.3) is 0 Å². The Balaban J connectivity index is 2.01. The van der Waals surface area contributed by atoms with E-state index >= 15 is 0 Å². The topological polar surface area (TPSA) is 60.2 Å². The van der Waals surface area contributed by atoms with Crippen LogP contribution in [0.1, 0.15) is 24.7 Å². The Morgan fingerprint density at radius 3 is 3.06 bits per heavy atom. The Morgan fingerprint density at radius 2 is 2.33 bits per heavy atom. The van der Waals surface area contributed by atoms with Gasteiger partial charge in [-0.1, -0.05) is 6.92 Å². The van der Waals surface area contributed by atoms with Gasteiger partial charge in [-0.25, -0.2) is 4.98 Å². The normalized spacial score (nSPS) is 10.3. The van der Waals surface area contributed by atoms with Gasteiger partial charge < -0.3 is 14.5 Å². The number of nitrogens with zero attached hydrogens (tertiary/aromatic N) is 2. The van der Waals surface area contributed by atoms with Crippen LogP contribution in [-0.4, -0.2) is 16.5 Å². The highest BCUT2D eigenvalue weighted by atomic mass is 16.5. The van der Waals surface area contributed by atoms with Crippen molar-refractivity contribution in [2.24, 2.45) is 0 Å². The van der Waals surface area contributed by atoms with Crippen molar-refractivity contribution in [3.63, 3.8) is 0 Å². The van der Waals surface area contributed by atoms with Crippen molar-refractivity contribution in [1.82, 2.24) is 9.97 Å². The maximum atomic E-state index is 5.62. The summed E-state index contributed by atoms with van der Waals surface area (Å²) in [6.45, 7) is 5.23. The molecule has 0 atom stereocenters. The van der Waals surface area contributed by atoms with E-state index in [9.17, 15) is 0 Å². The Labute approximate surface area is 106 Å². The number of hydrogen-bond acceptors (Lipinski definition) is 5. The lowest BCUT2D eigenvalue weighted by Gasteiger charge is -2.08. The van der Waals surface area contributed by atoms with Gasteiger partial charge in [0.05, 0.1) is 6.26 Å². The first kappa shape index (κ1) is 12.4. The van der Waals surface area contributed by atoms with Crippen LogP contribution >= 0.6 is 0 Å². The minimum absolute atomic E-state index is 0.373. The number of aryl methyl sites for hydroxylation is 1. The second-order valence-corrected chi connectivity index (χ2v) is 3.98. The largest absolute Gasteiger partial charge is 0.469 e. The monoisotopic (exact) mass is 247 g/mol. The lowest BCUT2D eigenvalue weighted by atomic mass is 10.4. The Hall–Kier alpha value is -2.04. The maximum absolute atomic E-state index is 5.62. The smallest absolute Gasteiger partial charge is 0.225 e. The molecule has 2 heterocycles. The van der Waals surface area contributed by atoms with Gasteiger partial charge in [-0.3, -0.25) is 0 Å². The summed E-state index contributed by atoms with van der Waals surface area (Å²) in [4.78, 5) is 8.52. The Kier molecular flexibility index (Phi) is 4.17.